The number of hydrogen-bond acceptors (Lipinski definition) is 5. The van der Waals surface area contributed by atoms with E-state index in [1.165, 1.54) is 17.7 Å². The van der Waals surface area contributed by atoms with Crippen LogP contribution in [0.25, 0.3) is 0 Å². The predicted molar refractivity (Wildman–Crippen MR) is 155 cm³/mol. The van der Waals surface area contributed by atoms with Gasteiger partial charge in [-0.25, -0.2) is 8.78 Å². The summed E-state index contributed by atoms with van der Waals surface area (Å²) in [6.07, 6.45) is 4.94. The molecule has 3 N–H and O–H groups in total. The number of carbonyl (C=O) groups excluding carboxylic acids is 2. The summed E-state index contributed by atoms with van der Waals surface area (Å²) in [5.74, 6) is -1.28. The van der Waals surface area contributed by atoms with Gasteiger partial charge in [-0.15, -0.1) is 0 Å². The fourth-order valence-corrected chi connectivity index (χ4v) is 4.73. The molecule has 0 radical (unpaired) electrons. The van der Waals surface area contributed by atoms with Crippen molar-refractivity contribution in [1.29, 1.82) is 0 Å². The van der Waals surface area contributed by atoms with Gasteiger partial charge in [0.25, 0.3) is 0 Å². The Morgan fingerprint density at radius 2 is 1.74 bits per heavy atom. The van der Waals surface area contributed by atoms with E-state index in [0.717, 1.165) is 37.3 Å². The number of benzene rings is 2. The number of aliphatic hydroxyl groups is 1. The Morgan fingerprint density at radius 1 is 1.03 bits per heavy atom. The largest absolute Gasteiger partial charge is 0.390 e. The van der Waals surface area contributed by atoms with Crippen LogP contribution in [0.4, 0.5) is 8.78 Å². The zero-order chi connectivity index (χ0) is 28.6. The molecule has 6 nitrogen and oxygen atoms in total. The van der Waals surface area contributed by atoms with Crippen molar-refractivity contribution in [3.63, 3.8) is 0 Å². The van der Waals surface area contributed by atoms with Gasteiger partial charge in [0.1, 0.15) is 11.6 Å². The first kappa shape index (κ1) is 32.7. The van der Waals surface area contributed by atoms with Crippen molar-refractivity contribution in [3.05, 3.63) is 70.8 Å². The summed E-state index contributed by atoms with van der Waals surface area (Å²) < 4.78 is 27.7. The molecule has 0 aromatic heterocycles. The molecule has 0 heterocycles. The van der Waals surface area contributed by atoms with Crippen LogP contribution in [-0.4, -0.2) is 65.6 Å². The minimum Gasteiger partial charge on any atom is -0.390 e. The topological polar surface area (TPSA) is 81.7 Å². The van der Waals surface area contributed by atoms with E-state index in [1.807, 2.05) is 18.4 Å². The predicted octanol–water partition coefficient (Wildman–Crippen LogP) is 4.48. The normalized spacial score (nSPS) is 12.7. The molecule has 2 atom stereocenters. The van der Waals surface area contributed by atoms with Crippen LogP contribution >= 0.6 is 11.8 Å². The van der Waals surface area contributed by atoms with Gasteiger partial charge in [0.2, 0.25) is 11.8 Å². The minimum atomic E-state index is -1.03. The lowest BCUT2D eigenvalue weighted by molar-refractivity contribution is -0.136. The number of aryl methyl sites for hydroxylation is 1. The first-order chi connectivity index (χ1) is 18.7. The summed E-state index contributed by atoms with van der Waals surface area (Å²) in [6.45, 7) is 5.19. The highest BCUT2D eigenvalue weighted by Gasteiger charge is 2.24. The van der Waals surface area contributed by atoms with Crippen LogP contribution in [0.5, 0.6) is 0 Å². The van der Waals surface area contributed by atoms with Gasteiger partial charge < -0.3 is 20.6 Å². The van der Waals surface area contributed by atoms with E-state index < -0.39 is 29.7 Å². The van der Waals surface area contributed by atoms with Crippen molar-refractivity contribution in [1.82, 2.24) is 15.5 Å². The van der Waals surface area contributed by atoms with E-state index in [0.29, 0.717) is 30.8 Å². The fourth-order valence-electron chi connectivity index (χ4n) is 4.35. The van der Waals surface area contributed by atoms with Crippen molar-refractivity contribution in [2.75, 3.05) is 31.6 Å². The maximum absolute atomic E-state index is 13.9. The molecule has 0 saturated heterocycles. The average molecular weight is 564 g/mol. The van der Waals surface area contributed by atoms with Gasteiger partial charge in [0, 0.05) is 37.9 Å². The number of unbranched alkanes of at least 4 members (excludes halogenated alkanes) is 2. The SMILES string of the molecule is CCCCCN(CC(=O)N[C@@H](Cc1cc(F)cc(F)c1)[C@H](O)CNCc1cccc(CC)c1)C(=O)CCSC. The van der Waals surface area contributed by atoms with Crippen LogP contribution in [0.15, 0.2) is 42.5 Å². The molecule has 0 aliphatic carbocycles. The molecule has 2 aromatic rings. The van der Waals surface area contributed by atoms with E-state index in [-0.39, 0.29) is 25.4 Å². The molecular formula is C30H43F2N3O3S. The summed E-state index contributed by atoms with van der Waals surface area (Å²) in [5.41, 5.74) is 2.60. The minimum absolute atomic E-state index is 0.0326. The smallest absolute Gasteiger partial charge is 0.239 e. The molecular weight excluding hydrogens is 520 g/mol. The number of nitrogens with one attached hydrogen (secondary N) is 2. The molecule has 0 fully saturated rings. The van der Waals surface area contributed by atoms with Gasteiger partial charge in [0.05, 0.1) is 18.7 Å². The van der Waals surface area contributed by atoms with Crippen LogP contribution in [0.3, 0.4) is 0 Å². The van der Waals surface area contributed by atoms with Crippen LogP contribution in [-0.2, 0) is 29.0 Å². The molecule has 216 valence electrons. The van der Waals surface area contributed by atoms with Crippen molar-refractivity contribution in [3.8, 4) is 0 Å². The number of nitrogens with zero attached hydrogens (tertiary/aromatic N) is 1. The zero-order valence-electron chi connectivity index (χ0n) is 23.3. The van der Waals surface area contributed by atoms with Crippen LogP contribution in [0.1, 0.15) is 56.2 Å². The molecule has 0 unspecified atom stereocenters. The lowest BCUT2D eigenvalue weighted by Crippen LogP contribution is -2.51. The molecule has 2 rings (SSSR count). The van der Waals surface area contributed by atoms with Crippen molar-refractivity contribution in [2.45, 2.75) is 71.1 Å². The van der Waals surface area contributed by atoms with Gasteiger partial charge >= 0.3 is 0 Å². The lowest BCUT2D eigenvalue weighted by Gasteiger charge is -2.27. The van der Waals surface area contributed by atoms with Gasteiger partial charge in [0.15, 0.2) is 0 Å². The van der Waals surface area contributed by atoms with Crippen LogP contribution < -0.4 is 10.6 Å². The molecule has 0 saturated carbocycles. The number of rotatable bonds is 18. The highest BCUT2D eigenvalue weighted by atomic mass is 32.2. The first-order valence-corrected chi connectivity index (χ1v) is 15.1. The number of thioether (sulfide) groups is 1. The average Bonchev–Trinajstić information content (AvgIpc) is 2.90. The number of hydrogen-bond donors (Lipinski definition) is 3. The third kappa shape index (κ3) is 12.5. The van der Waals surface area contributed by atoms with Crippen LogP contribution in [0, 0.1) is 11.6 Å². The highest BCUT2D eigenvalue weighted by molar-refractivity contribution is 7.98. The van der Waals surface area contributed by atoms with E-state index >= 15 is 0 Å². The number of aliphatic hydroxyl groups excluding tert-OH is 1. The number of amides is 2. The van der Waals surface area contributed by atoms with E-state index in [1.54, 1.807) is 16.7 Å². The molecule has 39 heavy (non-hydrogen) atoms. The molecule has 9 heteroatoms. The number of halogens is 2. The third-order valence-corrected chi connectivity index (χ3v) is 7.12. The Labute approximate surface area is 235 Å². The molecule has 0 aliphatic heterocycles. The third-order valence-electron chi connectivity index (χ3n) is 6.51. The van der Waals surface area contributed by atoms with Crippen molar-refractivity contribution in [2.24, 2.45) is 0 Å². The Hall–Kier alpha value is -2.49. The summed E-state index contributed by atoms with van der Waals surface area (Å²) in [6, 6.07) is 10.5. The number of carbonyl (C=O) groups is 2. The fraction of sp³-hybridized carbons (Fsp3) is 0.533. The molecule has 0 aliphatic rings. The Kier molecular flexibility index (Phi) is 15.1. The highest BCUT2D eigenvalue weighted by Crippen LogP contribution is 2.13. The Morgan fingerprint density at radius 3 is 2.41 bits per heavy atom. The van der Waals surface area contributed by atoms with E-state index in [4.69, 9.17) is 0 Å². The Bertz CT molecular complexity index is 1020. The summed E-state index contributed by atoms with van der Waals surface area (Å²) in [5, 5.41) is 17.1. The standard InChI is InChI=1S/C30H43F2N3O3S/c1-4-6-7-12-35(30(38)11-13-39-3)21-29(37)34-27(17-24-15-25(31)18-26(32)16-24)28(36)20-33-19-23-10-8-9-22(5-2)14-23/h8-10,14-16,18,27-28,33,36H,4-7,11-13,17,19-21H2,1-3H3,(H,34,37)/t27-,28+/m0/s1. The summed E-state index contributed by atoms with van der Waals surface area (Å²) >= 11 is 1.57. The second-order valence-electron chi connectivity index (χ2n) is 9.79. The molecule has 2 aromatic carbocycles. The Balaban J connectivity index is 2.10. The molecule has 2 amide bonds. The second-order valence-corrected chi connectivity index (χ2v) is 10.8. The van der Waals surface area contributed by atoms with E-state index in [9.17, 15) is 23.5 Å². The lowest BCUT2D eigenvalue weighted by atomic mass is 10.0. The van der Waals surface area contributed by atoms with Gasteiger partial charge in [-0.05, 0) is 54.3 Å². The van der Waals surface area contributed by atoms with Crippen molar-refractivity contribution >= 4 is 23.6 Å². The monoisotopic (exact) mass is 563 g/mol. The van der Waals surface area contributed by atoms with Crippen molar-refractivity contribution < 1.29 is 23.5 Å². The zero-order valence-corrected chi connectivity index (χ0v) is 24.2. The summed E-state index contributed by atoms with van der Waals surface area (Å²) in [4.78, 5) is 27.4. The molecule has 0 bridgehead atoms. The van der Waals surface area contributed by atoms with Gasteiger partial charge in [-0.1, -0.05) is 51.0 Å². The van der Waals surface area contributed by atoms with Crippen LogP contribution in [0.2, 0.25) is 0 Å². The quantitative estimate of drug-likeness (QED) is 0.233. The van der Waals surface area contributed by atoms with Gasteiger partial charge in [-0.3, -0.25) is 9.59 Å². The summed E-state index contributed by atoms with van der Waals surface area (Å²) in [7, 11) is 0. The maximum atomic E-state index is 13.9. The van der Waals surface area contributed by atoms with E-state index in [2.05, 4.69) is 36.6 Å². The van der Waals surface area contributed by atoms with Gasteiger partial charge in [-0.2, -0.15) is 11.8 Å². The second kappa shape index (κ2) is 18.0. The molecule has 0 spiro atoms. The maximum Gasteiger partial charge on any atom is 0.239 e. The first-order valence-electron chi connectivity index (χ1n) is 13.7.